The van der Waals surface area contributed by atoms with Crippen molar-refractivity contribution in [1.82, 2.24) is 9.88 Å². The summed E-state index contributed by atoms with van der Waals surface area (Å²) in [5, 5.41) is 8.90. The highest BCUT2D eigenvalue weighted by Gasteiger charge is 2.28. The first-order valence-electron chi connectivity index (χ1n) is 6.33. The lowest BCUT2D eigenvalue weighted by atomic mass is 10.1. The number of aromatic nitrogens is 1. The van der Waals surface area contributed by atoms with E-state index in [1.54, 1.807) is 11.1 Å². The molecule has 0 aromatic carbocycles. The minimum absolute atomic E-state index is 0.110. The molecule has 0 aliphatic heterocycles. The lowest BCUT2D eigenvalue weighted by Gasteiger charge is -2.26. The summed E-state index contributed by atoms with van der Waals surface area (Å²) in [7, 11) is 0. The van der Waals surface area contributed by atoms with E-state index in [1.165, 1.54) is 0 Å². The van der Waals surface area contributed by atoms with Gasteiger partial charge < -0.3 is 4.90 Å². The van der Waals surface area contributed by atoms with Crippen molar-refractivity contribution in [2.24, 2.45) is 0 Å². The zero-order valence-corrected chi connectivity index (χ0v) is 10.6. The number of rotatable bonds is 3. The molecule has 1 aliphatic rings. The number of nitriles is 1. The van der Waals surface area contributed by atoms with Crippen LogP contribution in [0.4, 0.5) is 0 Å². The maximum atomic E-state index is 12.5. The van der Waals surface area contributed by atoms with Gasteiger partial charge in [0.05, 0.1) is 6.07 Å². The van der Waals surface area contributed by atoms with Gasteiger partial charge in [0, 0.05) is 12.2 Å². The number of pyridine rings is 1. The number of aryl methyl sites for hydroxylation is 1. The second-order valence-electron chi connectivity index (χ2n) is 4.70. The molecule has 1 aliphatic carbocycles. The first kappa shape index (κ1) is 12.6. The van der Waals surface area contributed by atoms with Crippen LogP contribution in [-0.4, -0.2) is 28.4 Å². The van der Waals surface area contributed by atoms with Crippen molar-refractivity contribution in [1.29, 1.82) is 5.26 Å². The quantitative estimate of drug-likeness (QED) is 0.765. The molecule has 0 atom stereocenters. The van der Waals surface area contributed by atoms with Crippen molar-refractivity contribution in [3.8, 4) is 6.07 Å². The third-order valence-corrected chi connectivity index (χ3v) is 3.48. The van der Waals surface area contributed by atoms with E-state index in [1.807, 2.05) is 19.1 Å². The standard InChI is InChI=1S/C14H17N3O/c1-11-5-4-9-16-13(11)14(18)17(10-8-15)12-6-2-3-7-12/h4-5,9,12H,2-3,6-7,10H2,1H3. The third kappa shape index (κ3) is 2.51. The topological polar surface area (TPSA) is 57.0 Å². The van der Waals surface area contributed by atoms with Gasteiger partial charge in [0.2, 0.25) is 0 Å². The molecule has 0 unspecified atom stereocenters. The average Bonchev–Trinajstić information content (AvgIpc) is 2.89. The number of nitrogens with zero attached hydrogens (tertiary/aromatic N) is 3. The van der Waals surface area contributed by atoms with Gasteiger partial charge in [-0.3, -0.25) is 9.78 Å². The Morgan fingerprint density at radius 3 is 2.89 bits per heavy atom. The van der Waals surface area contributed by atoms with Crippen molar-refractivity contribution < 1.29 is 4.79 Å². The molecule has 1 heterocycles. The van der Waals surface area contributed by atoms with Crippen LogP contribution in [0.1, 0.15) is 41.7 Å². The van der Waals surface area contributed by atoms with Crippen molar-refractivity contribution in [3.63, 3.8) is 0 Å². The van der Waals surface area contributed by atoms with E-state index >= 15 is 0 Å². The Bertz CT molecular complexity index is 472. The lowest BCUT2D eigenvalue weighted by Crippen LogP contribution is -2.39. The van der Waals surface area contributed by atoms with Gasteiger partial charge in [0.1, 0.15) is 12.2 Å². The van der Waals surface area contributed by atoms with Crippen LogP contribution in [0.15, 0.2) is 18.3 Å². The number of carbonyl (C=O) groups excluding carboxylic acids is 1. The fourth-order valence-corrected chi connectivity index (χ4v) is 2.50. The van der Waals surface area contributed by atoms with Gasteiger partial charge in [0.15, 0.2) is 0 Å². The van der Waals surface area contributed by atoms with Gasteiger partial charge >= 0.3 is 0 Å². The number of hydrogen-bond acceptors (Lipinski definition) is 3. The zero-order chi connectivity index (χ0) is 13.0. The van der Waals surface area contributed by atoms with E-state index in [9.17, 15) is 4.79 Å². The van der Waals surface area contributed by atoms with Crippen LogP contribution >= 0.6 is 0 Å². The molecule has 0 radical (unpaired) electrons. The molecule has 4 nitrogen and oxygen atoms in total. The van der Waals surface area contributed by atoms with Crippen molar-refractivity contribution >= 4 is 5.91 Å². The van der Waals surface area contributed by atoms with Crippen LogP contribution < -0.4 is 0 Å². The molecule has 1 saturated carbocycles. The summed E-state index contributed by atoms with van der Waals surface area (Å²) in [5.74, 6) is -0.110. The molecule has 4 heteroatoms. The highest BCUT2D eigenvalue weighted by Crippen LogP contribution is 2.24. The molecule has 0 spiro atoms. The van der Waals surface area contributed by atoms with Crippen LogP contribution in [-0.2, 0) is 0 Å². The maximum Gasteiger partial charge on any atom is 0.273 e. The summed E-state index contributed by atoms with van der Waals surface area (Å²) >= 11 is 0. The second-order valence-corrected chi connectivity index (χ2v) is 4.70. The number of carbonyl (C=O) groups is 1. The van der Waals surface area contributed by atoms with Crippen LogP contribution in [0.25, 0.3) is 0 Å². The predicted octanol–water partition coefficient (Wildman–Crippen LogP) is 2.30. The van der Waals surface area contributed by atoms with Crippen LogP contribution in [0.2, 0.25) is 0 Å². The molecule has 0 saturated heterocycles. The predicted molar refractivity (Wildman–Crippen MR) is 67.9 cm³/mol. The molecule has 94 valence electrons. The fraction of sp³-hybridized carbons (Fsp3) is 0.500. The number of hydrogen-bond donors (Lipinski definition) is 0. The Morgan fingerprint density at radius 2 is 2.28 bits per heavy atom. The molecule has 2 rings (SSSR count). The number of amides is 1. The fourth-order valence-electron chi connectivity index (χ4n) is 2.50. The average molecular weight is 243 g/mol. The molecular weight excluding hydrogens is 226 g/mol. The Hall–Kier alpha value is -1.89. The summed E-state index contributed by atoms with van der Waals surface area (Å²) in [4.78, 5) is 18.3. The Morgan fingerprint density at radius 1 is 1.56 bits per heavy atom. The van der Waals surface area contributed by atoms with Gasteiger partial charge in [-0.15, -0.1) is 0 Å². The maximum absolute atomic E-state index is 12.5. The summed E-state index contributed by atoms with van der Waals surface area (Å²) in [5.41, 5.74) is 1.34. The third-order valence-electron chi connectivity index (χ3n) is 3.48. The molecule has 1 aromatic rings. The minimum atomic E-state index is -0.110. The first-order valence-corrected chi connectivity index (χ1v) is 6.33. The van der Waals surface area contributed by atoms with Gasteiger partial charge in [-0.25, -0.2) is 0 Å². The molecule has 1 fully saturated rings. The second kappa shape index (κ2) is 5.63. The van der Waals surface area contributed by atoms with E-state index in [-0.39, 0.29) is 18.5 Å². The van der Waals surface area contributed by atoms with Crippen LogP contribution in [0.3, 0.4) is 0 Å². The monoisotopic (exact) mass is 243 g/mol. The van der Waals surface area contributed by atoms with E-state index in [4.69, 9.17) is 5.26 Å². The summed E-state index contributed by atoms with van der Waals surface area (Å²) < 4.78 is 0. The highest BCUT2D eigenvalue weighted by atomic mass is 16.2. The molecule has 1 aromatic heterocycles. The molecular formula is C14H17N3O. The normalized spacial score (nSPS) is 15.3. The lowest BCUT2D eigenvalue weighted by molar-refractivity contribution is 0.0702. The van der Waals surface area contributed by atoms with Crippen LogP contribution in [0.5, 0.6) is 0 Å². The van der Waals surface area contributed by atoms with Crippen LogP contribution in [0, 0.1) is 18.3 Å². The Kier molecular flexibility index (Phi) is 3.93. The smallest absolute Gasteiger partial charge is 0.273 e. The summed E-state index contributed by atoms with van der Waals surface area (Å²) in [6.07, 6.45) is 5.90. The molecule has 0 bridgehead atoms. The van der Waals surface area contributed by atoms with Gasteiger partial charge in [-0.2, -0.15) is 5.26 Å². The Balaban J connectivity index is 2.23. The van der Waals surface area contributed by atoms with E-state index in [0.29, 0.717) is 5.69 Å². The zero-order valence-electron chi connectivity index (χ0n) is 10.6. The van der Waals surface area contributed by atoms with E-state index in [0.717, 1.165) is 31.2 Å². The van der Waals surface area contributed by atoms with Crippen molar-refractivity contribution in [3.05, 3.63) is 29.6 Å². The summed E-state index contributed by atoms with van der Waals surface area (Å²) in [6, 6.07) is 5.99. The van der Waals surface area contributed by atoms with Gasteiger partial charge in [0.25, 0.3) is 5.91 Å². The molecule has 0 N–H and O–H groups in total. The van der Waals surface area contributed by atoms with E-state index in [2.05, 4.69) is 11.1 Å². The van der Waals surface area contributed by atoms with Gasteiger partial charge in [-0.05, 0) is 31.4 Å². The van der Waals surface area contributed by atoms with E-state index < -0.39 is 0 Å². The first-order chi connectivity index (χ1) is 8.74. The SMILES string of the molecule is Cc1cccnc1C(=O)N(CC#N)C1CCCC1. The largest absolute Gasteiger partial charge is 0.321 e. The Labute approximate surface area is 107 Å². The highest BCUT2D eigenvalue weighted by molar-refractivity contribution is 5.94. The molecule has 1 amide bonds. The van der Waals surface area contributed by atoms with Gasteiger partial charge in [-0.1, -0.05) is 18.9 Å². The minimum Gasteiger partial charge on any atom is -0.321 e. The summed E-state index contributed by atoms with van der Waals surface area (Å²) in [6.45, 7) is 2.03. The van der Waals surface area contributed by atoms with Crippen molar-refractivity contribution in [2.75, 3.05) is 6.54 Å². The molecule has 18 heavy (non-hydrogen) atoms. The van der Waals surface area contributed by atoms with Crippen molar-refractivity contribution in [2.45, 2.75) is 38.6 Å².